The highest BCUT2D eigenvalue weighted by atomic mass is 32.1. The molecule has 25 heavy (non-hydrogen) atoms. The number of thiazole rings is 1. The van der Waals surface area contributed by atoms with Crippen LogP contribution in [0.5, 0.6) is 0 Å². The van der Waals surface area contributed by atoms with Gasteiger partial charge in [0.2, 0.25) is 0 Å². The first-order valence-corrected chi connectivity index (χ1v) is 9.11. The van der Waals surface area contributed by atoms with Crippen LogP contribution in [-0.2, 0) is 16.1 Å². The first-order valence-electron chi connectivity index (χ1n) is 7.29. The topological polar surface area (TPSA) is 68.3 Å². The van der Waals surface area contributed by atoms with Gasteiger partial charge in [-0.05, 0) is 17.5 Å². The van der Waals surface area contributed by atoms with Crippen molar-refractivity contribution in [2.75, 3.05) is 6.61 Å². The van der Waals surface area contributed by atoms with Crippen molar-refractivity contribution in [2.24, 2.45) is 0 Å². The van der Waals surface area contributed by atoms with Crippen LogP contribution in [0, 0.1) is 5.82 Å². The van der Waals surface area contributed by atoms with Crippen molar-refractivity contribution in [3.8, 4) is 10.6 Å². The van der Waals surface area contributed by atoms with Crippen LogP contribution in [-0.4, -0.2) is 23.5 Å². The van der Waals surface area contributed by atoms with E-state index in [0.717, 1.165) is 10.6 Å². The molecule has 1 amide bonds. The van der Waals surface area contributed by atoms with Crippen molar-refractivity contribution >= 4 is 34.6 Å². The summed E-state index contributed by atoms with van der Waals surface area (Å²) in [5.74, 6) is -1.58. The second kappa shape index (κ2) is 8.00. The SMILES string of the molecule is O=C(COC(=O)c1csc(-c2ccsc2)n1)NCc1ccccc1F. The van der Waals surface area contributed by atoms with E-state index >= 15 is 0 Å². The summed E-state index contributed by atoms with van der Waals surface area (Å²) in [5, 5.41) is 8.67. The number of benzene rings is 1. The van der Waals surface area contributed by atoms with Crippen molar-refractivity contribution in [3.05, 3.63) is 63.5 Å². The molecule has 0 radical (unpaired) electrons. The average molecular weight is 376 g/mol. The summed E-state index contributed by atoms with van der Waals surface area (Å²) in [6.07, 6.45) is 0. The Morgan fingerprint density at radius 1 is 1.20 bits per heavy atom. The van der Waals surface area contributed by atoms with Gasteiger partial charge in [-0.15, -0.1) is 11.3 Å². The maximum absolute atomic E-state index is 13.5. The largest absolute Gasteiger partial charge is 0.451 e. The minimum Gasteiger partial charge on any atom is -0.451 e. The van der Waals surface area contributed by atoms with Gasteiger partial charge < -0.3 is 10.1 Å². The molecule has 0 spiro atoms. The number of esters is 1. The zero-order chi connectivity index (χ0) is 17.6. The third-order valence-corrected chi connectivity index (χ3v) is 4.82. The molecule has 0 unspecified atom stereocenters. The van der Waals surface area contributed by atoms with E-state index in [2.05, 4.69) is 10.3 Å². The Labute approximate surface area is 151 Å². The Hall–Kier alpha value is -2.58. The van der Waals surface area contributed by atoms with Crippen molar-refractivity contribution in [2.45, 2.75) is 6.54 Å². The van der Waals surface area contributed by atoms with E-state index < -0.39 is 24.3 Å². The summed E-state index contributed by atoms with van der Waals surface area (Å²) >= 11 is 2.87. The lowest BCUT2D eigenvalue weighted by molar-refractivity contribution is -0.124. The first-order chi connectivity index (χ1) is 12.1. The van der Waals surface area contributed by atoms with E-state index in [1.807, 2.05) is 16.8 Å². The van der Waals surface area contributed by atoms with Crippen LogP contribution in [0.3, 0.4) is 0 Å². The van der Waals surface area contributed by atoms with Crippen LogP contribution >= 0.6 is 22.7 Å². The fourth-order valence-corrected chi connectivity index (χ4v) is 3.48. The highest BCUT2D eigenvalue weighted by molar-refractivity contribution is 7.14. The maximum Gasteiger partial charge on any atom is 0.358 e. The Bertz CT molecular complexity index is 878. The van der Waals surface area contributed by atoms with Gasteiger partial charge in [0.05, 0.1) is 0 Å². The Kier molecular flexibility index (Phi) is 5.52. The van der Waals surface area contributed by atoms with Crippen LogP contribution in [0.15, 0.2) is 46.5 Å². The minimum absolute atomic E-state index is 0.0298. The van der Waals surface area contributed by atoms with Gasteiger partial charge in [0.25, 0.3) is 5.91 Å². The minimum atomic E-state index is -0.668. The van der Waals surface area contributed by atoms with Crippen LogP contribution < -0.4 is 5.32 Å². The number of nitrogens with one attached hydrogen (secondary N) is 1. The zero-order valence-electron chi connectivity index (χ0n) is 12.9. The molecule has 0 fully saturated rings. The summed E-state index contributed by atoms with van der Waals surface area (Å²) in [7, 11) is 0. The summed E-state index contributed by atoms with van der Waals surface area (Å²) in [4.78, 5) is 27.9. The van der Waals surface area contributed by atoms with E-state index in [1.54, 1.807) is 34.9 Å². The number of carbonyl (C=O) groups excluding carboxylic acids is 2. The normalized spacial score (nSPS) is 10.4. The molecule has 2 aromatic heterocycles. The van der Waals surface area contributed by atoms with Gasteiger partial charge in [-0.3, -0.25) is 4.79 Å². The molecule has 0 aliphatic heterocycles. The molecule has 128 valence electrons. The highest BCUT2D eigenvalue weighted by Gasteiger charge is 2.15. The zero-order valence-corrected chi connectivity index (χ0v) is 14.5. The van der Waals surface area contributed by atoms with Crippen LogP contribution in [0.1, 0.15) is 16.1 Å². The number of hydrogen-bond donors (Lipinski definition) is 1. The van der Waals surface area contributed by atoms with Gasteiger partial charge in [-0.1, -0.05) is 18.2 Å². The summed E-state index contributed by atoms with van der Waals surface area (Å²) < 4.78 is 18.4. The van der Waals surface area contributed by atoms with Gasteiger partial charge in [0, 0.05) is 28.4 Å². The molecule has 1 N–H and O–H groups in total. The predicted molar refractivity (Wildman–Crippen MR) is 94.0 cm³/mol. The van der Waals surface area contributed by atoms with Crippen molar-refractivity contribution in [3.63, 3.8) is 0 Å². The van der Waals surface area contributed by atoms with Gasteiger partial charge in [-0.25, -0.2) is 14.2 Å². The third kappa shape index (κ3) is 4.49. The lowest BCUT2D eigenvalue weighted by Crippen LogP contribution is -2.28. The number of hydrogen-bond acceptors (Lipinski definition) is 6. The molecule has 3 aromatic rings. The number of carbonyl (C=O) groups is 2. The van der Waals surface area contributed by atoms with E-state index in [4.69, 9.17) is 4.74 Å². The lowest BCUT2D eigenvalue weighted by atomic mass is 10.2. The number of nitrogens with zero attached hydrogens (tertiary/aromatic N) is 1. The van der Waals surface area contributed by atoms with Gasteiger partial charge >= 0.3 is 5.97 Å². The molecule has 0 atom stereocenters. The third-order valence-electron chi connectivity index (χ3n) is 3.25. The number of rotatable bonds is 6. The van der Waals surface area contributed by atoms with E-state index in [-0.39, 0.29) is 12.2 Å². The lowest BCUT2D eigenvalue weighted by Gasteiger charge is -2.06. The Balaban J connectivity index is 1.49. The molecule has 0 saturated heterocycles. The number of ether oxygens (including phenoxy) is 1. The molecule has 8 heteroatoms. The molecule has 0 aliphatic rings. The molecule has 0 aliphatic carbocycles. The van der Waals surface area contributed by atoms with Crippen molar-refractivity contribution < 1.29 is 18.7 Å². The maximum atomic E-state index is 13.5. The quantitative estimate of drug-likeness (QED) is 0.669. The second-order valence-corrected chi connectivity index (χ2v) is 6.63. The van der Waals surface area contributed by atoms with Crippen molar-refractivity contribution in [1.82, 2.24) is 10.3 Å². The molecule has 0 bridgehead atoms. The smallest absolute Gasteiger partial charge is 0.358 e. The fraction of sp³-hybridized carbons (Fsp3) is 0.118. The molecule has 2 heterocycles. The van der Waals surface area contributed by atoms with Crippen LogP contribution in [0.2, 0.25) is 0 Å². The molecule has 0 saturated carbocycles. The molecular formula is C17H13FN2O3S2. The van der Waals surface area contributed by atoms with Gasteiger partial charge in [0.1, 0.15) is 10.8 Å². The Morgan fingerprint density at radius 2 is 2.04 bits per heavy atom. The molecule has 3 rings (SSSR count). The second-order valence-electron chi connectivity index (χ2n) is 4.99. The van der Waals surface area contributed by atoms with E-state index in [9.17, 15) is 14.0 Å². The summed E-state index contributed by atoms with van der Waals surface area (Å²) in [6, 6.07) is 8.05. The number of aromatic nitrogens is 1. The summed E-state index contributed by atoms with van der Waals surface area (Å²) in [6.45, 7) is -0.416. The van der Waals surface area contributed by atoms with Gasteiger partial charge in [0.15, 0.2) is 12.3 Å². The molecular weight excluding hydrogens is 363 g/mol. The highest BCUT2D eigenvalue weighted by Crippen LogP contribution is 2.25. The molecule has 1 aromatic carbocycles. The Morgan fingerprint density at radius 3 is 2.80 bits per heavy atom. The number of halogens is 1. The number of amides is 1. The predicted octanol–water partition coefficient (Wildman–Crippen LogP) is 3.48. The first kappa shape index (κ1) is 17.2. The standard InChI is InChI=1S/C17H13FN2O3S2/c18-13-4-2-1-3-11(13)7-19-15(21)8-23-17(22)14-10-25-16(20-14)12-5-6-24-9-12/h1-6,9-10H,7-8H2,(H,19,21). The van der Waals surface area contributed by atoms with Crippen LogP contribution in [0.25, 0.3) is 10.6 Å². The monoisotopic (exact) mass is 376 g/mol. The van der Waals surface area contributed by atoms with E-state index in [1.165, 1.54) is 17.4 Å². The molecule has 5 nitrogen and oxygen atoms in total. The van der Waals surface area contributed by atoms with Gasteiger partial charge in [-0.2, -0.15) is 11.3 Å². The average Bonchev–Trinajstić information content (AvgIpc) is 3.30. The summed E-state index contributed by atoms with van der Waals surface area (Å²) in [5.41, 5.74) is 1.46. The number of thiophene rings is 1. The van der Waals surface area contributed by atoms with Crippen LogP contribution in [0.4, 0.5) is 4.39 Å². The fourth-order valence-electron chi connectivity index (χ4n) is 1.98. The van der Waals surface area contributed by atoms with Crippen molar-refractivity contribution in [1.29, 1.82) is 0 Å². The van der Waals surface area contributed by atoms with E-state index in [0.29, 0.717) is 5.56 Å².